The molecule has 0 saturated carbocycles. The fraction of sp³-hybridized carbons (Fsp3) is 0. The first-order valence-corrected chi connectivity index (χ1v) is 6.11. The predicted molar refractivity (Wildman–Crippen MR) is 72.9 cm³/mol. The molecule has 0 aliphatic heterocycles. The zero-order valence-electron chi connectivity index (χ0n) is 8.42. The fourth-order valence-electron chi connectivity index (χ4n) is 1.47. The normalized spacial score (nSPS) is 10.5. The van der Waals surface area contributed by atoms with E-state index in [-0.39, 0.29) is 27.6 Å². The van der Waals surface area contributed by atoms with Crippen molar-refractivity contribution in [3.63, 3.8) is 0 Å². The second kappa shape index (κ2) is 4.70. The average molecular weight is 365 g/mol. The predicted octanol–water partition coefficient (Wildman–Crippen LogP) is 4.16. The first-order chi connectivity index (χ1) is 7.99. The minimum atomic E-state index is -0.548. The minimum Gasteiger partial charge on any atom is -0.507 e. The number of rotatable bonds is 1. The van der Waals surface area contributed by atoms with Crippen molar-refractivity contribution in [2.45, 2.75) is 0 Å². The van der Waals surface area contributed by atoms with Gasteiger partial charge >= 0.3 is 0 Å². The van der Waals surface area contributed by atoms with Crippen LogP contribution in [0.2, 0.25) is 5.02 Å². The Balaban J connectivity index is 2.64. The van der Waals surface area contributed by atoms with Gasteiger partial charge in [0.05, 0.1) is 3.57 Å². The molecule has 0 spiro atoms. The first kappa shape index (κ1) is 12.4. The third-order valence-corrected chi connectivity index (χ3v) is 3.39. The summed E-state index contributed by atoms with van der Waals surface area (Å²) in [6, 6.07) is 6.83. The third kappa shape index (κ3) is 2.47. The summed E-state index contributed by atoms with van der Waals surface area (Å²) in [6.45, 7) is 0. The van der Waals surface area contributed by atoms with Gasteiger partial charge in [0.2, 0.25) is 0 Å². The Morgan fingerprint density at radius 3 is 2.35 bits per heavy atom. The molecule has 2 rings (SSSR count). The number of phenolic OH excluding ortho intramolecular Hbond substituents is 2. The van der Waals surface area contributed by atoms with Crippen molar-refractivity contribution in [3.05, 3.63) is 44.7 Å². The van der Waals surface area contributed by atoms with Gasteiger partial charge in [-0.25, -0.2) is 4.39 Å². The Hall–Kier alpha value is -1.01. The van der Waals surface area contributed by atoms with Crippen molar-refractivity contribution in [2.75, 3.05) is 0 Å². The summed E-state index contributed by atoms with van der Waals surface area (Å²) in [5.41, 5.74) is 0.427. The fourth-order valence-corrected chi connectivity index (χ4v) is 2.08. The Morgan fingerprint density at radius 2 is 1.71 bits per heavy atom. The van der Waals surface area contributed by atoms with Gasteiger partial charge in [-0.05, 0) is 52.9 Å². The van der Waals surface area contributed by atoms with Gasteiger partial charge in [0.1, 0.15) is 17.3 Å². The molecule has 0 atom stereocenters. The number of halogens is 3. The van der Waals surface area contributed by atoms with Gasteiger partial charge in [0.25, 0.3) is 0 Å². The summed E-state index contributed by atoms with van der Waals surface area (Å²) < 4.78 is 14.2. The number of aromatic hydroxyl groups is 2. The summed E-state index contributed by atoms with van der Waals surface area (Å²) in [4.78, 5) is 0. The molecule has 5 heteroatoms. The number of hydrogen-bond donors (Lipinski definition) is 2. The van der Waals surface area contributed by atoms with Crippen LogP contribution in [0.3, 0.4) is 0 Å². The van der Waals surface area contributed by atoms with E-state index in [2.05, 4.69) is 0 Å². The SMILES string of the molecule is Oc1cc(-c2ccc(Cl)cc2F)c(O)cc1I. The van der Waals surface area contributed by atoms with E-state index in [0.29, 0.717) is 3.57 Å². The largest absolute Gasteiger partial charge is 0.507 e. The zero-order chi connectivity index (χ0) is 12.6. The van der Waals surface area contributed by atoms with E-state index >= 15 is 0 Å². The van der Waals surface area contributed by atoms with Gasteiger partial charge in [-0.3, -0.25) is 0 Å². The molecule has 0 heterocycles. The van der Waals surface area contributed by atoms with Gasteiger partial charge in [-0.15, -0.1) is 0 Å². The number of hydrogen-bond acceptors (Lipinski definition) is 2. The third-order valence-electron chi connectivity index (χ3n) is 2.29. The smallest absolute Gasteiger partial charge is 0.132 e. The molecule has 2 nitrogen and oxygen atoms in total. The van der Waals surface area contributed by atoms with E-state index in [4.69, 9.17) is 11.6 Å². The molecule has 0 unspecified atom stereocenters. The van der Waals surface area contributed by atoms with Crippen LogP contribution in [-0.4, -0.2) is 10.2 Å². The van der Waals surface area contributed by atoms with Gasteiger partial charge < -0.3 is 10.2 Å². The van der Waals surface area contributed by atoms with Crippen molar-refractivity contribution in [1.82, 2.24) is 0 Å². The molecule has 0 radical (unpaired) electrons. The summed E-state index contributed by atoms with van der Waals surface area (Å²) in [5.74, 6) is -0.644. The average Bonchev–Trinajstić information content (AvgIpc) is 2.24. The Morgan fingerprint density at radius 1 is 1.00 bits per heavy atom. The molecule has 0 amide bonds. The molecular weight excluding hydrogens is 357 g/mol. The second-order valence-electron chi connectivity index (χ2n) is 3.44. The Kier molecular flexibility index (Phi) is 3.44. The molecule has 0 bridgehead atoms. The summed E-state index contributed by atoms with van der Waals surface area (Å²) in [7, 11) is 0. The van der Waals surface area contributed by atoms with Crippen LogP contribution in [0, 0.1) is 9.39 Å². The van der Waals surface area contributed by atoms with Crippen LogP contribution in [0.15, 0.2) is 30.3 Å². The minimum absolute atomic E-state index is 0.00671. The van der Waals surface area contributed by atoms with Crippen molar-refractivity contribution < 1.29 is 14.6 Å². The molecule has 2 N–H and O–H groups in total. The first-order valence-electron chi connectivity index (χ1n) is 4.66. The second-order valence-corrected chi connectivity index (χ2v) is 5.04. The Labute approximate surface area is 116 Å². The lowest BCUT2D eigenvalue weighted by Crippen LogP contribution is -1.86. The van der Waals surface area contributed by atoms with Gasteiger partial charge in [-0.2, -0.15) is 0 Å². The molecule has 17 heavy (non-hydrogen) atoms. The van der Waals surface area contributed by atoms with Crippen LogP contribution in [0.5, 0.6) is 11.5 Å². The molecule has 88 valence electrons. The van der Waals surface area contributed by atoms with E-state index in [0.717, 1.165) is 6.07 Å². The van der Waals surface area contributed by atoms with E-state index in [1.54, 1.807) is 0 Å². The molecule has 2 aromatic rings. The summed E-state index contributed by atoms with van der Waals surface area (Å²) in [6.07, 6.45) is 0. The lowest BCUT2D eigenvalue weighted by Gasteiger charge is -2.08. The molecule has 0 aliphatic carbocycles. The van der Waals surface area contributed by atoms with Gasteiger partial charge in [0.15, 0.2) is 0 Å². The zero-order valence-corrected chi connectivity index (χ0v) is 11.3. The Bertz CT molecular complexity index is 587. The standard InChI is InChI=1S/C12H7ClFIO2/c13-6-1-2-7(9(14)3-6)8-4-12(17)10(15)5-11(8)16/h1-5,16-17H. The maximum atomic E-state index is 13.7. The number of phenols is 2. The highest BCUT2D eigenvalue weighted by Crippen LogP contribution is 2.37. The van der Waals surface area contributed by atoms with E-state index in [9.17, 15) is 14.6 Å². The van der Waals surface area contributed by atoms with Crippen LogP contribution in [0.25, 0.3) is 11.1 Å². The molecule has 2 aromatic carbocycles. The lowest BCUT2D eigenvalue weighted by molar-refractivity contribution is 0.458. The number of benzene rings is 2. The summed E-state index contributed by atoms with van der Waals surface area (Å²) >= 11 is 7.52. The molecular formula is C12H7ClFIO2. The molecule has 0 aromatic heterocycles. The highest BCUT2D eigenvalue weighted by atomic mass is 127. The summed E-state index contributed by atoms with van der Waals surface area (Å²) in [5, 5.41) is 19.6. The maximum absolute atomic E-state index is 13.7. The maximum Gasteiger partial charge on any atom is 0.132 e. The van der Waals surface area contributed by atoms with E-state index in [1.165, 1.54) is 24.3 Å². The van der Waals surface area contributed by atoms with Crippen LogP contribution >= 0.6 is 34.2 Å². The van der Waals surface area contributed by atoms with Crippen molar-refractivity contribution in [1.29, 1.82) is 0 Å². The van der Waals surface area contributed by atoms with Crippen molar-refractivity contribution >= 4 is 34.2 Å². The molecule has 0 aliphatic rings. The highest BCUT2D eigenvalue weighted by molar-refractivity contribution is 14.1. The van der Waals surface area contributed by atoms with Crippen LogP contribution in [0.1, 0.15) is 0 Å². The lowest BCUT2D eigenvalue weighted by atomic mass is 10.0. The van der Waals surface area contributed by atoms with Crippen molar-refractivity contribution in [2.24, 2.45) is 0 Å². The topological polar surface area (TPSA) is 40.5 Å². The van der Waals surface area contributed by atoms with Crippen LogP contribution < -0.4 is 0 Å². The highest BCUT2D eigenvalue weighted by Gasteiger charge is 2.12. The quantitative estimate of drug-likeness (QED) is 0.589. The van der Waals surface area contributed by atoms with Gasteiger partial charge in [0, 0.05) is 16.1 Å². The van der Waals surface area contributed by atoms with Crippen LogP contribution in [-0.2, 0) is 0 Å². The molecule has 0 saturated heterocycles. The van der Waals surface area contributed by atoms with Crippen molar-refractivity contribution in [3.8, 4) is 22.6 Å². The van der Waals surface area contributed by atoms with E-state index in [1.807, 2.05) is 22.6 Å². The monoisotopic (exact) mass is 364 g/mol. The van der Waals surface area contributed by atoms with E-state index < -0.39 is 5.82 Å². The molecule has 0 fully saturated rings. The van der Waals surface area contributed by atoms with Crippen LogP contribution in [0.4, 0.5) is 4.39 Å². The van der Waals surface area contributed by atoms with Gasteiger partial charge in [-0.1, -0.05) is 11.6 Å².